The molecule has 26 nitrogen and oxygen atoms in total. The summed E-state index contributed by atoms with van der Waals surface area (Å²) in [5, 5.41) is 52.1. The molecule has 1 fully saturated rings. The van der Waals surface area contributed by atoms with Crippen LogP contribution in [0.4, 0.5) is 23.0 Å². The molecule has 2 atom stereocenters. The largest absolute Gasteiger partial charge is 0.480 e. The van der Waals surface area contributed by atoms with Gasteiger partial charge in [0.15, 0.2) is 11.2 Å². The zero-order valence-electron chi connectivity index (χ0n) is 35.6. The molecule has 0 saturated carbocycles. The number of H-pyrrole nitrogens is 1. The molecule has 12 N–H and O–H groups in total. The highest BCUT2D eigenvalue weighted by Gasteiger charge is 2.29. The number of aromatic amines is 1. The molecule has 0 spiro atoms. The molecule has 1 unspecified atom stereocenters. The van der Waals surface area contributed by atoms with Crippen LogP contribution in [-0.2, 0) is 30.5 Å². The second-order valence-corrected chi connectivity index (χ2v) is 15.3. The maximum atomic E-state index is 12.9. The number of benzene rings is 1. The molecule has 4 aromatic rings. The number of carbonyl (C=O) groups excluding carboxylic acids is 2. The average molecular weight is 922 g/mol. The van der Waals surface area contributed by atoms with E-state index >= 15 is 0 Å². The second-order valence-electron chi connectivity index (χ2n) is 15.3. The predicted octanol–water partition coefficient (Wildman–Crippen LogP) is -2.57. The molecule has 0 aliphatic carbocycles. The lowest BCUT2D eigenvalue weighted by atomic mass is 10.1. The fourth-order valence-corrected chi connectivity index (χ4v) is 7.11. The van der Waals surface area contributed by atoms with E-state index in [0.29, 0.717) is 24.5 Å². The van der Waals surface area contributed by atoms with E-state index < -0.39 is 64.2 Å². The van der Waals surface area contributed by atoms with Gasteiger partial charge in [-0.3, -0.25) is 58.0 Å². The SMILES string of the molecule is Nc1nc2ncc(CNc3ccc(C(=O)N[C@@H](CCC(=O)NCCNc4c(NCCCC(C(=O)O)N5CCN(CC(=O)O)CCN(CC(=O)O)CC5)c(=O)c4=O)C(=O)O)cc3)nc2c(=O)[nH]1. The number of nitrogens with zero attached hydrogens (tertiary/aromatic N) is 6. The number of hydrogen-bond acceptors (Lipinski definition) is 19. The molecule has 2 aromatic carbocycles. The number of aliphatic carboxylic acids is 4. The lowest BCUT2D eigenvalue weighted by Crippen LogP contribution is -2.47. The first-order valence-corrected chi connectivity index (χ1v) is 20.8. The first-order valence-electron chi connectivity index (χ1n) is 20.8. The minimum atomic E-state index is -1.40. The number of anilines is 4. The van der Waals surface area contributed by atoms with Gasteiger partial charge in [0.25, 0.3) is 22.3 Å². The maximum absolute atomic E-state index is 12.9. The molecule has 0 radical (unpaired) electrons. The number of carboxylic acids is 4. The van der Waals surface area contributed by atoms with Crippen molar-refractivity contribution in [3.8, 4) is 0 Å². The van der Waals surface area contributed by atoms with Crippen molar-refractivity contribution in [2.45, 2.75) is 44.3 Å². The van der Waals surface area contributed by atoms with Crippen molar-refractivity contribution in [3.05, 3.63) is 72.5 Å². The number of fused-ring (bicyclic) bond motifs is 1. The van der Waals surface area contributed by atoms with Crippen molar-refractivity contribution >= 4 is 69.9 Å². The standard InChI is InChI=1S/C40H51N13O13/c41-40-49-35-32(37(62)50-40)47-24(19-46-35)18-45-23-5-3-22(4-6-23)36(61)48-25(38(63)64)7-8-27(54)42-10-11-44-31-30(33(59)34(31)60)43-9-1-2-26(39(65)66)53-16-14-51(20-28(55)56)12-13-52(15-17-53)21-29(57)58/h3-6,19,25-26,43-45H,1-2,7-18,20-21H2,(H,42,54)(H,48,61)(H,55,56)(H,57,58)(H,63,64)(H,65,66)(H3,41,46,49,50,62)/t25-,26?/m0/s1. The van der Waals surface area contributed by atoms with Gasteiger partial charge in [-0.05, 0) is 43.5 Å². The first-order chi connectivity index (χ1) is 31.5. The van der Waals surface area contributed by atoms with Crippen LogP contribution in [0.5, 0.6) is 0 Å². The molecule has 2 amide bonds. The monoisotopic (exact) mass is 921 g/mol. The van der Waals surface area contributed by atoms with Gasteiger partial charge in [-0.1, -0.05) is 0 Å². The molecular formula is C40H51N13O13. The van der Waals surface area contributed by atoms with Gasteiger partial charge in [0.2, 0.25) is 11.9 Å². The molecule has 2 aromatic heterocycles. The van der Waals surface area contributed by atoms with Crippen LogP contribution in [0.25, 0.3) is 11.2 Å². The zero-order chi connectivity index (χ0) is 47.9. The Hall–Kier alpha value is -7.58. The van der Waals surface area contributed by atoms with Crippen LogP contribution >= 0.6 is 0 Å². The summed E-state index contributed by atoms with van der Waals surface area (Å²) in [6.07, 6.45) is 1.30. The van der Waals surface area contributed by atoms with Gasteiger partial charge < -0.3 is 52.7 Å². The molecule has 66 heavy (non-hydrogen) atoms. The molecule has 0 bridgehead atoms. The number of nitrogens with two attached hydrogens (primary N) is 1. The van der Waals surface area contributed by atoms with Crippen LogP contribution in [0.2, 0.25) is 0 Å². The topological polar surface area (TPSA) is 385 Å². The number of nitrogens with one attached hydrogen (secondary N) is 6. The minimum Gasteiger partial charge on any atom is -0.480 e. The Labute approximate surface area is 374 Å². The Balaban J connectivity index is 1.02. The number of aromatic nitrogens is 4. The normalized spacial score (nSPS) is 14.8. The van der Waals surface area contributed by atoms with Gasteiger partial charge in [-0.25, -0.2) is 14.8 Å². The van der Waals surface area contributed by atoms with Crippen molar-refractivity contribution in [2.75, 3.05) is 93.7 Å². The van der Waals surface area contributed by atoms with E-state index in [1.165, 1.54) is 18.3 Å². The average Bonchev–Trinajstić information content (AvgIpc) is 3.35. The van der Waals surface area contributed by atoms with Crippen molar-refractivity contribution < 1.29 is 49.2 Å². The van der Waals surface area contributed by atoms with Gasteiger partial charge in [0.05, 0.1) is 31.5 Å². The zero-order valence-corrected chi connectivity index (χ0v) is 35.6. The molecule has 1 saturated heterocycles. The number of hydrogen-bond donors (Lipinski definition) is 11. The highest BCUT2D eigenvalue weighted by atomic mass is 16.4. The second kappa shape index (κ2) is 23.4. The molecule has 1 aliphatic heterocycles. The molecule has 3 heterocycles. The van der Waals surface area contributed by atoms with Gasteiger partial charge in [0.1, 0.15) is 23.5 Å². The van der Waals surface area contributed by atoms with Crippen molar-refractivity contribution in [1.82, 2.24) is 45.3 Å². The van der Waals surface area contributed by atoms with Crippen LogP contribution in [0.15, 0.2) is 44.8 Å². The van der Waals surface area contributed by atoms with E-state index in [1.807, 2.05) is 0 Å². The Morgan fingerprint density at radius 2 is 1.35 bits per heavy atom. The third-order valence-corrected chi connectivity index (χ3v) is 10.6. The van der Waals surface area contributed by atoms with Crippen LogP contribution in [0, 0.1) is 0 Å². The summed E-state index contributed by atoms with van der Waals surface area (Å²) >= 11 is 0. The summed E-state index contributed by atoms with van der Waals surface area (Å²) in [6.45, 7) is 1.27. The number of carbonyl (C=O) groups is 6. The molecule has 1 aliphatic rings. The number of carboxylic acid groups (broad SMARTS) is 4. The van der Waals surface area contributed by atoms with E-state index in [1.54, 1.807) is 26.8 Å². The van der Waals surface area contributed by atoms with Gasteiger partial charge in [-0.15, -0.1) is 0 Å². The highest BCUT2D eigenvalue weighted by molar-refractivity contribution is 5.97. The number of amides is 2. The van der Waals surface area contributed by atoms with Gasteiger partial charge in [0, 0.05) is 76.6 Å². The van der Waals surface area contributed by atoms with Gasteiger partial charge in [-0.2, -0.15) is 4.98 Å². The van der Waals surface area contributed by atoms with Crippen LogP contribution in [0.3, 0.4) is 0 Å². The summed E-state index contributed by atoms with van der Waals surface area (Å²) in [6, 6.07) is 3.69. The van der Waals surface area contributed by atoms with Crippen molar-refractivity contribution in [2.24, 2.45) is 0 Å². The lowest BCUT2D eigenvalue weighted by molar-refractivity contribution is -0.144. The molecule has 26 heteroatoms. The fourth-order valence-electron chi connectivity index (χ4n) is 7.11. The van der Waals surface area contributed by atoms with Gasteiger partial charge >= 0.3 is 23.9 Å². The van der Waals surface area contributed by atoms with Crippen molar-refractivity contribution in [1.29, 1.82) is 0 Å². The Bertz CT molecular complexity index is 2500. The molecular weight excluding hydrogens is 871 g/mol. The van der Waals surface area contributed by atoms with E-state index in [0.717, 1.165) is 0 Å². The summed E-state index contributed by atoms with van der Waals surface area (Å²) < 4.78 is 0. The number of rotatable bonds is 24. The maximum Gasteiger partial charge on any atom is 0.326 e. The van der Waals surface area contributed by atoms with E-state index in [2.05, 4.69) is 46.5 Å². The Morgan fingerprint density at radius 1 is 0.742 bits per heavy atom. The van der Waals surface area contributed by atoms with Crippen LogP contribution in [-0.4, -0.2) is 175 Å². The van der Waals surface area contributed by atoms with Crippen LogP contribution < -0.4 is 48.7 Å². The summed E-state index contributed by atoms with van der Waals surface area (Å²) in [7, 11) is 0. The smallest absolute Gasteiger partial charge is 0.326 e. The third kappa shape index (κ3) is 14.2. The molecule has 5 rings (SSSR count). The highest BCUT2D eigenvalue weighted by Crippen LogP contribution is 2.16. The third-order valence-electron chi connectivity index (χ3n) is 10.6. The van der Waals surface area contributed by atoms with E-state index in [4.69, 9.17) is 5.73 Å². The number of nitrogen functional groups attached to an aromatic ring is 1. The van der Waals surface area contributed by atoms with Crippen LogP contribution in [0.1, 0.15) is 41.7 Å². The lowest BCUT2D eigenvalue weighted by Gasteiger charge is -2.30. The quantitative estimate of drug-likeness (QED) is 0.0254. The predicted molar refractivity (Wildman–Crippen MR) is 236 cm³/mol. The van der Waals surface area contributed by atoms with E-state index in [9.17, 15) is 63.6 Å². The summed E-state index contributed by atoms with van der Waals surface area (Å²) in [5.41, 5.74) is 4.69. The molecule has 354 valence electrons. The fraction of sp³-hybridized carbons (Fsp3) is 0.450. The van der Waals surface area contributed by atoms with Crippen molar-refractivity contribution in [3.63, 3.8) is 0 Å². The minimum absolute atomic E-state index is 0.000213. The Kier molecular flexibility index (Phi) is 17.5. The Morgan fingerprint density at radius 3 is 1.94 bits per heavy atom. The summed E-state index contributed by atoms with van der Waals surface area (Å²) in [4.78, 5) is 129. The first kappa shape index (κ1) is 49.4. The van der Waals surface area contributed by atoms with E-state index in [-0.39, 0.29) is 125 Å². The summed E-state index contributed by atoms with van der Waals surface area (Å²) in [5.74, 6) is -5.93.